The van der Waals surface area contributed by atoms with Crippen LogP contribution < -0.4 is 5.73 Å². The molecule has 3 atom stereocenters. The van der Waals surface area contributed by atoms with Gasteiger partial charge in [0, 0.05) is 25.0 Å². The molecule has 2 bridgehead atoms. The highest BCUT2D eigenvalue weighted by Crippen LogP contribution is 2.42. The number of carbonyl (C=O) groups excluding carboxylic acids is 1. The van der Waals surface area contributed by atoms with E-state index in [0.717, 1.165) is 25.7 Å². The number of fused-ring (bicyclic) bond motifs is 2. The lowest BCUT2D eigenvalue weighted by Crippen LogP contribution is -2.53. The van der Waals surface area contributed by atoms with E-state index in [1.54, 1.807) is 11.8 Å². The summed E-state index contributed by atoms with van der Waals surface area (Å²) in [5.41, 5.74) is 6.28. The van der Waals surface area contributed by atoms with Gasteiger partial charge >= 0.3 is 0 Å². The normalized spacial score (nSPS) is 40.6. The third kappa shape index (κ3) is 3.29. The second-order valence-electron chi connectivity index (χ2n) is 7.16. The minimum atomic E-state index is -3.00. The van der Waals surface area contributed by atoms with Gasteiger partial charge in [-0.3, -0.25) is 4.79 Å². The Kier molecular flexibility index (Phi) is 5.45. The molecular formula is C15H27ClN2O3S. The van der Waals surface area contributed by atoms with E-state index in [4.69, 9.17) is 5.73 Å². The summed E-state index contributed by atoms with van der Waals surface area (Å²) in [7, 11) is -3.00. The van der Waals surface area contributed by atoms with Crippen molar-refractivity contribution >= 4 is 28.2 Å². The number of hydrogen-bond acceptors (Lipinski definition) is 4. The van der Waals surface area contributed by atoms with Crippen molar-refractivity contribution in [2.24, 2.45) is 23.5 Å². The smallest absolute Gasteiger partial charge is 0.225 e. The van der Waals surface area contributed by atoms with Gasteiger partial charge in [-0.05, 0) is 44.4 Å². The van der Waals surface area contributed by atoms with Crippen molar-refractivity contribution in [2.45, 2.75) is 50.3 Å². The van der Waals surface area contributed by atoms with E-state index in [1.807, 2.05) is 0 Å². The van der Waals surface area contributed by atoms with Crippen molar-refractivity contribution in [3.8, 4) is 0 Å². The SMILES string of the molecule is CC1CN(C(=O)C2CC3CCCC(C2)C3N)CCS1(=O)=O.Cl. The molecule has 3 aliphatic rings. The Hall–Kier alpha value is -0.330. The third-order valence-electron chi connectivity index (χ3n) is 5.81. The van der Waals surface area contributed by atoms with E-state index in [0.29, 0.717) is 24.9 Å². The first-order chi connectivity index (χ1) is 9.88. The Morgan fingerprint density at radius 3 is 2.32 bits per heavy atom. The minimum Gasteiger partial charge on any atom is -0.340 e. The first kappa shape index (κ1) is 18.0. The highest BCUT2D eigenvalue weighted by atomic mass is 35.5. The first-order valence-corrected chi connectivity index (χ1v) is 9.86. The van der Waals surface area contributed by atoms with E-state index in [9.17, 15) is 13.2 Å². The van der Waals surface area contributed by atoms with Gasteiger partial charge in [-0.15, -0.1) is 12.4 Å². The predicted octanol–water partition coefficient (Wildman–Crippen LogP) is 1.21. The Labute approximate surface area is 139 Å². The van der Waals surface area contributed by atoms with Crippen LogP contribution in [0.15, 0.2) is 0 Å². The van der Waals surface area contributed by atoms with E-state index in [1.165, 1.54) is 6.42 Å². The Balaban J connectivity index is 0.00000176. The van der Waals surface area contributed by atoms with Crippen molar-refractivity contribution in [1.29, 1.82) is 0 Å². The fourth-order valence-corrected chi connectivity index (χ4v) is 5.69. The van der Waals surface area contributed by atoms with Gasteiger partial charge < -0.3 is 10.6 Å². The van der Waals surface area contributed by atoms with Gasteiger partial charge in [-0.25, -0.2) is 8.42 Å². The molecule has 2 saturated carbocycles. The predicted molar refractivity (Wildman–Crippen MR) is 88.6 cm³/mol. The summed E-state index contributed by atoms with van der Waals surface area (Å²) < 4.78 is 23.5. The fraction of sp³-hybridized carbons (Fsp3) is 0.933. The zero-order valence-corrected chi connectivity index (χ0v) is 14.7. The van der Waals surface area contributed by atoms with Gasteiger partial charge in [0.05, 0.1) is 11.0 Å². The first-order valence-electron chi connectivity index (χ1n) is 8.14. The zero-order valence-electron chi connectivity index (χ0n) is 13.1. The molecule has 1 amide bonds. The summed E-state index contributed by atoms with van der Waals surface area (Å²) in [6.07, 6.45) is 5.32. The number of sulfone groups is 1. The van der Waals surface area contributed by atoms with Crippen LogP contribution in [0.2, 0.25) is 0 Å². The van der Waals surface area contributed by atoms with Crippen LogP contribution in [0.4, 0.5) is 0 Å². The highest BCUT2D eigenvalue weighted by Gasteiger charge is 2.42. The lowest BCUT2D eigenvalue weighted by Gasteiger charge is -2.45. The van der Waals surface area contributed by atoms with Crippen molar-refractivity contribution < 1.29 is 13.2 Å². The summed E-state index contributed by atoms with van der Waals surface area (Å²) >= 11 is 0. The highest BCUT2D eigenvalue weighted by molar-refractivity contribution is 7.92. The van der Waals surface area contributed by atoms with E-state index in [2.05, 4.69) is 0 Å². The van der Waals surface area contributed by atoms with E-state index in [-0.39, 0.29) is 36.0 Å². The van der Waals surface area contributed by atoms with Crippen LogP contribution >= 0.6 is 12.4 Å². The summed E-state index contributed by atoms with van der Waals surface area (Å²) in [5, 5.41) is -0.430. The third-order valence-corrected chi connectivity index (χ3v) is 7.94. The number of rotatable bonds is 1. The van der Waals surface area contributed by atoms with Crippen molar-refractivity contribution in [3.63, 3.8) is 0 Å². The number of carbonyl (C=O) groups is 1. The van der Waals surface area contributed by atoms with Gasteiger partial charge in [-0.2, -0.15) is 0 Å². The molecule has 0 spiro atoms. The largest absolute Gasteiger partial charge is 0.340 e. The summed E-state index contributed by atoms with van der Waals surface area (Å²) in [6, 6.07) is 0.267. The molecule has 1 heterocycles. The molecule has 2 aliphatic carbocycles. The van der Waals surface area contributed by atoms with Crippen LogP contribution in [0.25, 0.3) is 0 Å². The molecule has 1 saturated heterocycles. The fourth-order valence-electron chi connectivity index (χ4n) is 4.40. The minimum absolute atomic E-state index is 0. The van der Waals surface area contributed by atoms with Gasteiger partial charge in [-0.1, -0.05) is 6.42 Å². The van der Waals surface area contributed by atoms with Crippen molar-refractivity contribution in [3.05, 3.63) is 0 Å². The molecule has 0 aromatic heterocycles. The zero-order chi connectivity index (χ0) is 15.2. The van der Waals surface area contributed by atoms with Crippen LogP contribution in [0.1, 0.15) is 39.0 Å². The molecule has 2 N–H and O–H groups in total. The Bertz CT molecular complexity index is 511. The number of amides is 1. The molecule has 0 aromatic carbocycles. The lowest BCUT2D eigenvalue weighted by molar-refractivity contribution is -0.138. The van der Waals surface area contributed by atoms with Crippen LogP contribution in [0.3, 0.4) is 0 Å². The van der Waals surface area contributed by atoms with Gasteiger partial charge in [0.2, 0.25) is 5.91 Å². The quantitative estimate of drug-likeness (QED) is 0.770. The molecule has 3 fully saturated rings. The molecule has 3 unspecified atom stereocenters. The number of nitrogens with two attached hydrogens (primary N) is 1. The van der Waals surface area contributed by atoms with Crippen LogP contribution in [-0.2, 0) is 14.6 Å². The average Bonchev–Trinajstić information content (AvgIpc) is 2.41. The molecule has 128 valence electrons. The lowest BCUT2D eigenvalue weighted by atomic mass is 9.65. The molecule has 22 heavy (non-hydrogen) atoms. The van der Waals surface area contributed by atoms with Crippen LogP contribution in [-0.4, -0.2) is 49.4 Å². The van der Waals surface area contributed by atoms with Crippen molar-refractivity contribution in [1.82, 2.24) is 4.90 Å². The molecule has 1 aliphatic heterocycles. The van der Waals surface area contributed by atoms with Crippen molar-refractivity contribution in [2.75, 3.05) is 18.8 Å². The average molecular weight is 351 g/mol. The number of halogens is 1. The maximum Gasteiger partial charge on any atom is 0.225 e. The Morgan fingerprint density at radius 2 is 1.77 bits per heavy atom. The molecule has 0 aromatic rings. The molecular weight excluding hydrogens is 324 g/mol. The number of nitrogens with zero attached hydrogens (tertiary/aromatic N) is 1. The molecule has 7 heteroatoms. The van der Waals surface area contributed by atoms with E-state index < -0.39 is 15.1 Å². The topological polar surface area (TPSA) is 80.5 Å². The maximum absolute atomic E-state index is 12.7. The number of hydrogen-bond donors (Lipinski definition) is 1. The molecule has 0 radical (unpaired) electrons. The summed E-state index contributed by atoms with van der Waals surface area (Å²) in [5.74, 6) is 1.31. The Morgan fingerprint density at radius 1 is 1.18 bits per heavy atom. The van der Waals surface area contributed by atoms with Crippen LogP contribution in [0, 0.1) is 17.8 Å². The van der Waals surface area contributed by atoms with Gasteiger partial charge in [0.25, 0.3) is 0 Å². The second kappa shape index (κ2) is 6.65. The maximum atomic E-state index is 12.7. The monoisotopic (exact) mass is 350 g/mol. The second-order valence-corrected chi connectivity index (χ2v) is 9.70. The summed E-state index contributed by atoms with van der Waals surface area (Å²) in [4.78, 5) is 14.5. The molecule has 5 nitrogen and oxygen atoms in total. The van der Waals surface area contributed by atoms with Gasteiger partial charge in [0.1, 0.15) is 0 Å². The standard InChI is InChI=1S/C15H26N2O3S.ClH/c1-10-9-17(5-6-21(10,19)20)15(18)13-7-11-3-2-4-12(8-13)14(11)16;/h10-14H,2-9,16H2,1H3;1H. The van der Waals surface area contributed by atoms with E-state index >= 15 is 0 Å². The summed E-state index contributed by atoms with van der Waals surface area (Å²) in [6.45, 7) is 2.43. The van der Waals surface area contributed by atoms with Crippen LogP contribution in [0.5, 0.6) is 0 Å². The van der Waals surface area contributed by atoms with Gasteiger partial charge in [0.15, 0.2) is 9.84 Å². The molecule has 3 rings (SSSR count).